The third kappa shape index (κ3) is 6.09. The number of halogens is 1. The zero-order valence-electron chi connectivity index (χ0n) is 17.9. The summed E-state index contributed by atoms with van der Waals surface area (Å²) in [4.78, 5) is 28.0. The summed E-state index contributed by atoms with van der Waals surface area (Å²) in [5.41, 5.74) is 2.92. The Hall–Kier alpha value is -2.33. The van der Waals surface area contributed by atoms with Crippen LogP contribution >= 0.6 is 11.6 Å². The quantitative estimate of drug-likeness (QED) is 0.672. The van der Waals surface area contributed by atoms with E-state index in [1.807, 2.05) is 50.2 Å². The minimum absolute atomic E-state index is 0.0814. The minimum Gasteiger partial charge on any atom is -0.352 e. The molecule has 0 heterocycles. The maximum absolute atomic E-state index is 13.3. The van der Waals surface area contributed by atoms with Crippen molar-refractivity contribution in [2.75, 3.05) is 0 Å². The molecule has 160 valence electrons. The van der Waals surface area contributed by atoms with Crippen LogP contribution in [0.3, 0.4) is 0 Å². The Kier molecular flexibility index (Phi) is 7.92. The topological polar surface area (TPSA) is 49.4 Å². The Labute approximate surface area is 184 Å². The van der Waals surface area contributed by atoms with Crippen LogP contribution in [-0.2, 0) is 22.6 Å². The van der Waals surface area contributed by atoms with Crippen LogP contribution in [0.2, 0.25) is 5.02 Å². The van der Waals surface area contributed by atoms with Gasteiger partial charge in [-0.25, -0.2) is 0 Å². The van der Waals surface area contributed by atoms with Gasteiger partial charge in [-0.2, -0.15) is 0 Å². The first kappa shape index (κ1) is 22.4. The van der Waals surface area contributed by atoms with Gasteiger partial charge in [-0.15, -0.1) is 0 Å². The third-order valence-corrected chi connectivity index (χ3v) is 6.22. The van der Waals surface area contributed by atoms with E-state index < -0.39 is 6.04 Å². The highest BCUT2D eigenvalue weighted by atomic mass is 35.5. The van der Waals surface area contributed by atoms with Gasteiger partial charge in [0.1, 0.15) is 6.04 Å². The lowest BCUT2D eigenvalue weighted by Crippen LogP contribution is -2.50. The largest absolute Gasteiger partial charge is 0.352 e. The Morgan fingerprint density at radius 3 is 2.53 bits per heavy atom. The van der Waals surface area contributed by atoms with Gasteiger partial charge < -0.3 is 10.2 Å². The van der Waals surface area contributed by atoms with E-state index in [9.17, 15) is 9.59 Å². The first-order valence-electron chi connectivity index (χ1n) is 10.8. The van der Waals surface area contributed by atoms with E-state index in [-0.39, 0.29) is 24.3 Å². The van der Waals surface area contributed by atoms with Gasteiger partial charge in [-0.05, 0) is 43.9 Å². The minimum atomic E-state index is -0.553. The van der Waals surface area contributed by atoms with Crippen LogP contribution in [0.25, 0.3) is 0 Å². The smallest absolute Gasteiger partial charge is 0.242 e. The Morgan fingerprint density at radius 1 is 1.10 bits per heavy atom. The van der Waals surface area contributed by atoms with Crippen molar-refractivity contribution in [2.45, 2.75) is 71.0 Å². The zero-order valence-corrected chi connectivity index (χ0v) is 18.6. The number of carbonyl (C=O) groups is 2. The fourth-order valence-corrected chi connectivity index (χ4v) is 4.27. The standard InChI is InChI=1S/C25H31ClN2O2/c1-18-9-8-10-20(15-18)17-28(24(29)16-21-11-6-7-14-23(21)26)19(2)25(30)27-22-12-4-3-5-13-22/h6-11,14-15,19,22H,3-5,12-13,16-17H2,1-2H3,(H,27,30). The van der Waals surface area contributed by atoms with E-state index in [1.54, 1.807) is 11.0 Å². The lowest BCUT2D eigenvalue weighted by Gasteiger charge is -2.31. The maximum Gasteiger partial charge on any atom is 0.242 e. The van der Waals surface area contributed by atoms with Crippen molar-refractivity contribution in [3.63, 3.8) is 0 Å². The number of benzene rings is 2. The number of hydrogen-bond acceptors (Lipinski definition) is 2. The Morgan fingerprint density at radius 2 is 1.83 bits per heavy atom. The highest BCUT2D eigenvalue weighted by Gasteiger charge is 2.28. The summed E-state index contributed by atoms with van der Waals surface area (Å²) in [6.45, 7) is 4.24. The van der Waals surface area contributed by atoms with E-state index in [2.05, 4.69) is 11.4 Å². The zero-order chi connectivity index (χ0) is 21.5. The predicted octanol–water partition coefficient (Wildman–Crippen LogP) is 5.06. The number of carbonyl (C=O) groups excluding carboxylic acids is 2. The molecule has 3 rings (SSSR count). The maximum atomic E-state index is 13.3. The monoisotopic (exact) mass is 426 g/mol. The van der Waals surface area contributed by atoms with Crippen molar-refractivity contribution in [2.24, 2.45) is 0 Å². The molecule has 2 aromatic rings. The van der Waals surface area contributed by atoms with Crippen LogP contribution in [0.15, 0.2) is 48.5 Å². The van der Waals surface area contributed by atoms with Gasteiger partial charge in [0, 0.05) is 17.6 Å². The molecular formula is C25H31ClN2O2. The summed E-state index contributed by atoms with van der Waals surface area (Å²) in [6, 6.07) is 15.1. The highest BCUT2D eigenvalue weighted by Crippen LogP contribution is 2.20. The van der Waals surface area contributed by atoms with Crippen LogP contribution in [0.5, 0.6) is 0 Å². The summed E-state index contributed by atoms with van der Waals surface area (Å²) in [6.07, 6.45) is 5.74. The molecule has 0 spiro atoms. The van der Waals surface area contributed by atoms with Crippen LogP contribution in [0.4, 0.5) is 0 Å². The van der Waals surface area contributed by atoms with Crippen molar-refractivity contribution < 1.29 is 9.59 Å². The second-order valence-electron chi connectivity index (χ2n) is 8.30. The van der Waals surface area contributed by atoms with Crippen molar-refractivity contribution in [3.05, 3.63) is 70.2 Å². The van der Waals surface area contributed by atoms with Gasteiger partial charge in [-0.1, -0.05) is 78.9 Å². The van der Waals surface area contributed by atoms with Gasteiger partial charge in [0.05, 0.1) is 6.42 Å². The van der Waals surface area contributed by atoms with Crippen molar-refractivity contribution in [1.29, 1.82) is 0 Å². The molecule has 0 saturated heterocycles. The summed E-state index contributed by atoms with van der Waals surface area (Å²) >= 11 is 6.27. The van der Waals surface area contributed by atoms with E-state index in [0.717, 1.165) is 42.4 Å². The summed E-state index contributed by atoms with van der Waals surface area (Å²) in [5, 5.41) is 3.74. The van der Waals surface area contributed by atoms with Crippen LogP contribution in [0.1, 0.15) is 55.7 Å². The van der Waals surface area contributed by atoms with Gasteiger partial charge in [0.2, 0.25) is 11.8 Å². The average Bonchev–Trinajstić information content (AvgIpc) is 2.74. The molecular weight excluding hydrogens is 396 g/mol. The van der Waals surface area contributed by atoms with Crippen LogP contribution in [0, 0.1) is 6.92 Å². The number of rotatable bonds is 7. The van der Waals surface area contributed by atoms with Gasteiger partial charge >= 0.3 is 0 Å². The number of aryl methyl sites for hydroxylation is 1. The second-order valence-corrected chi connectivity index (χ2v) is 8.71. The molecule has 1 atom stereocenters. The van der Waals surface area contributed by atoms with E-state index >= 15 is 0 Å². The lowest BCUT2D eigenvalue weighted by atomic mass is 9.95. The molecule has 2 amide bonds. The average molecular weight is 427 g/mol. The summed E-state index contributed by atoms with van der Waals surface area (Å²) in [5.74, 6) is -0.182. The van der Waals surface area contributed by atoms with Crippen LogP contribution < -0.4 is 5.32 Å². The first-order chi connectivity index (χ1) is 14.4. The molecule has 1 unspecified atom stereocenters. The molecule has 1 fully saturated rings. The Bertz CT molecular complexity index is 877. The SMILES string of the molecule is Cc1cccc(CN(C(=O)Cc2ccccc2Cl)C(C)C(=O)NC2CCCCC2)c1. The van der Waals surface area contributed by atoms with Gasteiger partial charge in [-0.3, -0.25) is 9.59 Å². The number of amides is 2. The molecule has 0 radical (unpaired) electrons. The molecule has 5 heteroatoms. The molecule has 1 aliphatic rings. The van der Waals surface area contributed by atoms with E-state index in [0.29, 0.717) is 11.6 Å². The van der Waals surface area contributed by atoms with Gasteiger partial charge in [0.25, 0.3) is 0 Å². The predicted molar refractivity (Wildman–Crippen MR) is 121 cm³/mol. The molecule has 1 aliphatic carbocycles. The molecule has 1 saturated carbocycles. The van der Waals surface area contributed by atoms with E-state index in [1.165, 1.54) is 6.42 Å². The van der Waals surface area contributed by atoms with Crippen molar-refractivity contribution in [1.82, 2.24) is 10.2 Å². The molecule has 30 heavy (non-hydrogen) atoms. The Balaban J connectivity index is 1.77. The number of nitrogens with zero attached hydrogens (tertiary/aromatic N) is 1. The van der Waals surface area contributed by atoms with Crippen molar-refractivity contribution in [3.8, 4) is 0 Å². The fourth-order valence-electron chi connectivity index (χ4n) is 4.06. The molecule has 0 aromatic heterocycles. The molecule has 0 bridgehead atoms. The summed E-state index contributed by atoms with van der Waals surface area (Å²) in [7, 11) is 0. The first-order valence-corrected chi connectivity index (χ1v) is 11.2. The molecule has 2 aromatic carbocycles. The van der Waals surface area contributed by atoms with Gasteiger partial charge in [0.15, 0.2) is 0 Å². The van der Waals surface area contributed by atoms with E-state index in [4.69, 9.17) is 11.6 Å². The number of nitrogens with one attached hydrogen (secondary N) is 1. The fraction of sp³-hybridized carbons (Fsp3) is 0.440. The molecule has 0 aliphatic heterocycles. The second kappa shape index (κ2) is 10.6. The summed E-state index contributed by atoms with van der Waals surface area (Å²) < 4.78 is 0. The normalized spacial score (nSPS) is 15.4. The number of hydrogen-bond donors (Lipinski definition) is 1. The molecule has 1 N–H and O–H groups in total. The van der Waals surface area contributed by atoms with Crippen molar-refractivity contribution >= 4 is 23.4 Å². The molecule has 4 nitrogen and oxygen atoms in total. The lowest BCUT2D eigenvalue weighted by molar-refractivity contribution is -0.140. The van der Waals surface area contributed by atoms with Crippen LogP contribution in [-0.4, -0.2) is 28.8 Å². The third-order valence-electron chi connectivity index (χ3n) is 5.85. The highest BCUT2D eigenvalue weighted by molar-refractivity contribution is 6.31.